The van der Waals surface area contributed by atoms with Crippen LogP contribution in [0.15, 0.2) is 59.6 Å². The topological polar surface area (TPSA) is 62.1 Å². The molecular formula is C19H19ClN2O3. The number of carbonyl (C=O) groups excluding carboxylic acids is 1. The van der Waals surface area contributed by atoms with Crippen LogP contribution in [-0.2, 0) is 16.1 Å². The quantitative estimate of drug-likeness (QED) is 0.892. The second-order valence-corrected chi connectivity index (χ2v) is 6.29. The van der Waals surface area contributed by atoms with Crippen molar-refractivity contribution in [2.24, 2.45) is 4.99 Å². The molecule has 0 aromatic heterocycles. The molecule has 0 radical (unpaired) electrons. The Morgan fingerprint density at radius 3 is 2.56 bits per heavy atom. The van der Waals surface area contributed by atoms with Crippen molar-refractivity contribution in [3.05, 3.63) is 70.7 Å². The summed E-state index contributed by atoms with van der Waals surface area (Å²) >= 11 is 5.94. The first-order chi connectivity index (χ1) is 12.1. The third-order valence-electron chi connectivity index (χ3n) is 4.09. The van der Waals surface area contributed by atoms with E-state index >= 15 is 0 Å². The molecule has 1 aliphatic heterocycles. The Hall–Kier alpha value is -2.21. The van der Waals surface area contributed by atoms with Crippen LogP contribution in [0.4, 0.5) is 0 Å². The van der Waals surface area contributed by atoms with Crippen molar-refractivity contribution in [3.63, 3.8) is 0 Å². The van der Waals surface area contributed by atoms with Crippen molar-refractivity contribution in [1.29, 1.82) is 0 Å². The van der Waals surface area contributed by atoms with E-state index in [1.165, 1.54) is 0 Å². The van der Waals surface area contributed by atoms with E-state index in [1.807, 2.05) is 59.5 Å². The zero-order valence-corrected chi connectivity index (χ0v) is 14.6. The molecule has 0 saturated carbocycles. The SMILES string of the molecule is COC(C1=NC(=O)C(O)CN1Cc1ccc(Cl)cc1)c1ccccc1. The third-order valence-corrected chi connectivity index (χ3v) is 4.34. The molecule has 0 bridgehead atoms. The van der Waals surface area contributed by atoms with E-state index in [0.717, 1.165) is 11.1 Å². The Balaban J connectivity index is 1.92. The van der Waals surface area contributed by atoms with Crippen molar-refractivity contribution in [1.82, 2.24) is 4.90 Å². The summed E-state index contributed by atoms with van der Waals surface area (Å²) in [6, 6.07) is 17.0. The summed E-state index contributed by atoms with van der Waals surface area (Å²) in [5, 5.41) is 10.6. The highest BCUT2D eigenvalue weighted by Crippen LogP contribution is 2.25. The predicted molar refractivity (Wildman–Crippen MR) is 96.5 cm³/mol. The van der Waals surface area contributed by atoms with Gasteiger partial charge in [0.1, 0.15) is 11.9 Å². The van der Waals surface area contributed by atoms with E-state index in [9.17, 15) is 9.90 Å². The van der Waals surface area contributed by atoms with E-state index in [2.05, 4.69) is 4.99 Å². The summed E-state index contributed by atoms with van der Waals surface area (Å²) in [7, 11) is 1.58. The van der Waals surface area contributed by atoms with Crippen LogP contribution >= 0.6 is 11.6 Å². The molecule has 0 saturated heterocycles. The number of hydrogen-bond acceptors (Lipinski definition) is 4. The molecule has 25 heavy (non-hydrogen) atoms. The lowest BCUT2D eigenvalue weighted by Crippen LogP contribution is -2.47. The Morgan fingerprint density at radius 2 is 1.92 bits per heavy atom. The van der Waals surface area contributed by atoms with Crippen molar-refractivity contribution < 1.29 is 14.6 Å². The maximum absolute atomic E-state index is 12.0. The number of aliphatic imine (C=N–C) groups is 1. The molecule has 2 unspecified atom stereocenters. The highest BCUT2D eigenvalue weighted by atomic mass is 35.5. The van der Waals surface area contributed by atoms with Crippen molar-refractivity contribution in [2.75, 3.05) is 13.7 Å². The van der Waals surface area contributed by atoms with Gasteiger partial charge < -0.3 is 14.7 Å². The van der Waals surface area contributed by atoms with Gasteiger partial charge in [-0.25, -0.2) is 0 Å². The highest BCUT2D eigenvalue weighted by molar-refractivity contribution is 6.30. The standard InChI is InChI=1S/C19H19ClN2O3/c1-25-17(14-5-3-2-4-6-14)18-21-19(24)16(23)12-22(18)11-13-7-9-15(20)10-8-13/h2-10,16-17,23H,11-12H2,1H3. The zero-order valence-electron chi connectivity index (χ0n) is 13.8. The fraction of sp³-hybridized carbons (Fsp3) is 0.263. The van der Waals surface area contributed by atoms with E-state index in [4.69, 9.17) is 16.3 Å². The Bertz CT molecular complexity index is 762. The van der Waals surface area contributed by atoms with Crippen LogP contribution in [-0.4, -0.2) is 41.5 Å². The molecule has 3 rings (SSSR count). The van der Waals surface area contributed by atoms with E-state index < -0.39 is 18.1 Å². The molecule has 2 aromatic rings. The number of benzene rings is 2. The lowest BCUT2D eigenvalue weighted by molar-refractivity contribution is -0.127. The maximum Gasteiger partial charge on any atom is 0.278 e. The van der Waals surface area contributed by atoms with Gasteiger partial charge in [-0.1, -0.05) is 54.1 Å². The Labute approximate surface area is 151 Å². The van der Waals surface area contributed by atoms with Gasteiger partial charge in [-0.15, -0.1) is 0 Å². The van der Waals surface area contributed by atoms with Gasteiger partial charge in [-0.3, -0.25) is 4.79 Å². The van der Waals surface area contributed by atoms with Crippen LogP contribution in [0.25, 0.3) is 0 Å². The average molecular weight is 359 g/mol. The number of aliphatic hydroxyl groups excluding tert-OH is 1. The molecule has 6 heteroatoms. The van der Waals surface area contributed by atoms with Crippen LogP contribution < -0.4 is 0 Å². The minimum absolute atomic E-state index is 0.174. The smallest absolute Gasteiger partial charge is 0.278 e. The minimum atomic E-state index is -1.13. The summed E-state index contributed by atoms with van der Waals surface area (Å²) in [4.78, 5) is 17.9. The number of carbonyl (C=O) groups is 1. The van der Waals surface area contributed by atoms with Gasteiger partial charge in [0, 0.05) is 18.7 Å². The van der Waals surface area contributed by atoms with Crippen LogP contribution in [0.5, 0.6) is 0 Å². The highest BCUT2D eigenvalue weighted by Gasteiger charge is 2.32. The van der Waals surface area contributed by atoms with Gasteiger partial charge >= 0.3 is 0 Å². The molecule has 130 valence electrons. The zero-order chi connectivity index (χ0) is 17.8. The molecule has 1 aliphatic rings. The fourth-order valence-electron chi connectivity index (χ4n) is 2.84. The lowest BCUT2D eigenvalue weighted by atomic mass is 10.1. The maximum atomic E-state index is 12.0. The van der Waals surface area contributed by atoms with Crippen molar-refractivity contribution >= 4 is 23.3 Å². The molecule has 1 N–H and O–H groups in total. The second-order valence-electron chi connectivity index (χ2n) is 5.86. The average Bonchev–Trinajstić information content (AvgIpc) is 2.62. The molecule has 0 fully saturated rings. The van der Waals surface area contributed by atoms with Gasteiger partial charge in [-0.2, -0.15) is 4.99 Å². The van der Waals surface area contributed by atoms with Crippen LogP contribution in [0, 0.1) is 0 Å². The van der Waals surface area contributed by atoms with Crippen LogP contribution in [0.1, 0.15) is 17.2 Å². The lowest BCUT2D eigenvalue weighted by Gasteiger charge is -2.34. The number of halogens is 1. The summed E-state index contributed by atoms with van der Waals surface area (Å²) in [5.74, 6) is -0.0423. The second kappa shape index (κ2) is 7.78. The summed E-state index contributed by atoms with van der Waals surface area (Å²) in [6.45, 7) is 0.667. The fourth-order valence-corrected chi connectivity index (χ4v) is 2.96. The van der Waals surface area contributed by atoms with Crippen molar-refractivity contribution in [3.8, 4) is 0 Å². The first-order valence-corrected chi connectivity index (χ1v) is 8.34. The van der Waals surface area contributed by atoms with E-state index in [0.29, 0.717) is 17.4 Å². The molecule has 0 aliphatic carbocycles. The van der Waals surface area contributed by atoms with Gasteiger partial charge in [0.15, 0.2) is 6.10 Å². The van der Waals surface area contributed by atoms with E-state index in [-0.39, 0.29) is 6.54 Å². The number of hydrogen-bond donors (Lipinski definition) is 1. The molecule has 1 amide bonds. The molecule has 1 heterocycles. The first kappa shape index (κ1) is 17.6. The minimum Gasteiger partial charge on any atom is -0.381 e. The van der Waals surface area contributed by atoms with Gasteiger partial charge in [0.05, 0.1) is 6.54 Å². The number of rotatable bonds is 5. The summed E-state index contributed by atoms with van der Waals surface area (Å²) in [5.41, 5.74) is 1.90. The van der Waals surface area contributed by atoms with Crippen LogP contribution in [0.2, 0.25) is 5.02 Å². The molecule has 0 spiro atoms. The van der Waals surface area contributed by atoms with Crippen LogP contribution in [0.3, 0.4) is 0 Å². The number of amides is 1. The Morgan fingerprint density at radius 1 is 1.24 bits per heavy atom. The van der Waals surface area contributed by atoms with Gasteiger partial charge in [-0.05, 0) is 23.3 Å². The summed E-state index contributed by atoms with van der Waals surface area (Å²) < 4.78 is 5.62. The molecule has 5 nitrogen and oxygen atoms in total. The number of methoxy groups -OCH3 is 1. The number of aliphatic hydroxyl groups is 1. The number of β-amino-alcohol motifs (C(OH)–C–C–N with tert-alkyl or cyclic N) is 1. The Kier molecular flexibility index (Phi) is 5.48. The van der Waals surface area contributed by atoms with Crippen molar-refractivity contribution in [2.45, 2.75) is 18.8 Å². The number of amidine groups is 1. The largest absolute Gasteiger partial charge is 0.381 e. The molecular weight excluding hydrogens is 340 g/mol. The number of nitrogens with zero attached hydrogens (tertiary/aromatic N) is 2. The third kappa shape index (κ3) is 4.07. The normalized spacial score (nSPS) is 18.8. The first-order valence-electron chi connectivity index (χ1n) is 7.96. The summed E-state index contributed by atoms with van der Waals surface area (Å²) in [6.07, 6.45) is -1.62. The van der Waals surface area contributed by atoms with Gasteiger partial charge in [0.2, 0.25) is 0 Å². The monoisotopic (exact) mass is 358 g/mol. The number of ether oxygens (including phenoxy) is 1. The molecule has 2 atom stereocenters. The molecule has 2 aromatic carbocycles. The van der Waals surface area contributed by atoms with Gasteiger partial charge in [0.25, 0.3) is 5.91 Å². The predicted octanol–water partition coefficient (Wildman–Crippen LogP) is 2.83. The van der Waals surface area contributed by atoms with E-state index in [1.54, 1.807) is 7.11 Å².